The molecule has 0 aromatic heterocycles. The highest BCUT2D eigenvalue weighted by Gasteiger charge is 2.30. The Balaban J connectivity index is 2.23. The van der Waals surface area contributed by atoms with E-state index in [9.17, 15) is 9.59 Å². The third kappa shape index (κ3) is 4.18. The topological polar surface area (TPSA) is 78.4 Å². The Morgan fingerprint density at radius 1 is 1.38 bits per heavy atom. The maximum absolute atomic E-state index is 11.5. The number of carbonyl (C=O) groups excluding carboxylic acids is 1. The van der Waals surface area contributed by atoms with Gasteiger partial charge in [-0.1, -0.05) is 13.8 Å². The second-order valence-electron chi connectivity index (χ2n) is 4.65. The van der Waals surface area contributed by atoms with Crippen LogP contribution in [0.15, 0.2) is 0 Å². The first kappa shape index (κ1) is 13.0. The van der Waals surface area contributed by atoms with Gasteiger partial charge in [0.15, 0.2) is 0 Å². The molecule has 5 nitrogen and oxygen atoms in total. The zero-order chi connectivity index (χ0) is 12.1. The van der Waals surface area contributed by atoms with Crippen LogP contribution in [0.2, 0.25) is 0 Å². The van der Waals surface area contributed by atoms with E-state index in [4.69, 9.17) is 5.11 Å². The molecule has 1 saturated carbocycles. The number of carboxylic acids is 1. The van der Waals surface area contributed by atoms with Gasteiger partial charge in [0, 0.05) is 12.1 Å². The summed E-state index contributed by atoms with van der Waals surface area (Å²) in [6.45, 7) is 4.25. The van der Waals surface area contributed by atoms with Crippen molar-refractivity contribution in [2.45, 2.75) is 45.2 Å². The molecule has 1 aliphatic carbocycles. The SMILES string of the molecule is CC(C)NCC(=O)N[C@H]1CC[C@@H](C(=O)O)C1. The fourth-order valence-electron chi connectivity index (χ4n) is 1.91. The Hall–Kier alpha value is -1.10. The summed E-state index contributed by atoms with van der Waals surface area (Å²) in [5.41, 5.74) is 0. The van der Waals surface area contributed by atoms with Crippen LogP contribution in [0.5, 0.6) is 0 Å². The van der Waals surface area contributed by atoms with Crippen molar-refractivity contribution in [3.8, 4) is 0 Å². The predicted molar refractivity (Wildman–Crippen MR) is 60.0 cm³/mol. The third-order valence-electron chi connectivity index (χ3n) is 2.82. The van der Waals surface area contributed by atoms with Crippen molar-refractivity contribution in [2.75, 3.05) is 6.54 Å². The Kier molecular flexibility index (Phi) is 4.73. The molecule has 0 aromatic rings. The van der Waals surface area contributed by atoms with E-state index < -0.39 is 5.97 Å². The molecule has 1 amide bonds. The summed E-state index contributed by atoms with van der Waals surface area (Å²) in [4.78, 5) is 22.2. The summed E-state index contributed by atoms with van der Waals surface area (Å²) in [5, 5.41) is 14.7. The van der Waals surface area contributed by atoms with E-state index in [-0.39, 0.29) is 23.9 Å². The molecule has 1 rings (SSSR count). The van der Waals surface area contributed by atoms with Crippen molar-refractivity contribution < 1.29 is 14.7 Å². The van der Waals surface area contributed by atoms with Crippen molar-refractivity contribution in [3.05, 3.63) is 0 Å². The molecule has 0 unspecified atom stereocenters. The Labute approximate surface area is 95.6 Å². The number of hydrogen-bond acceptors (Lipinski definition) is 3. The van der Waals surface area contributed by atoms with Gasteiger partial charge in [-0.2, -0.15) is 0 Å². The molecular formula is C11H20N2O3. The van der Waals surface area contributed by atoms with E-state index in [2.05, 4.69) is 10.6 Å². The van der Waals surface area contributed by atoms with Gasteiger partial charge >= 0.3 is 5.97 Å². The van der Waals surface area contributed by atoms with Gasteiger partial charge in [-0.3, -0.25) is 9.59 Å². The maximum Gasteiger partial charge on any atom is 0.306 e. The van der Waals surface area contributed by atoms with Crippen molar-refractivity contribution in [1.82, 2.24) is 10.6 Å². The van der Waals surface area contributed by atoms with Crippen molar-refractivity contribution >= 4 is 11.9 Å². The summed E-state index contributed by atoms with van der Waals surface area (Å²) < 4.78 is 0. The van der Waals surface area contributed by atoms with Gasteiger partial charge in [0.25, 0.3) is 0 Å². The molecule has 16 heavy (non-hydrogen) atoms. The fourth-order valence-corrected chi connectivity index (χ4v) is 1.91. The maximum atomic E-state index is 11.5. The van der Waals surface area contributed by atoms with Crippen molar-refractivity contribution in [3.63, 3.8) is 0 Å². The molecular weight excluding hydrogens is 208 g/mol. The van der Waals surface area contributed by atoms with Gasteiger partial charge in [0.1, 0.15) is 0 Å². The van der Waals surface area contributed by atoms with Gasteiger partial charge in [-0.15, -0.1) is 0 Å². The highest BCUT2D eigenvalue weighted by atomic mass is 16.4. The van der Waals surface area contributed by atoms with Crippen LogP contribution in [0.3, 0.4) is 0 Å². The van der Waals surface area contributed by atoms with Crippen LogP contribution >= 0.6 is 0 Å². The minimum Gasteiger partial charge on any atom is -0.481 e. The van der Waals surface area contributed by atoms with Gasteiger partial charge in [-0.05, 0) is 19.3 Å². The van der Waals surface area contributed by atoms with Crippen LogP contribution in [-0.2, 0) is 9.59 Å². The zero-order valence-corrected chi connectivity index (χ0v) is 9.82. The number of hydrogen-bond donors (Lipinski definition) is 3. The van der Waals surface area contributed by atoms with E-state index in [0.29, 0.717) is 19.4 Å². The number of nitrogens with one attached hydrogen (secondary N) is 2. The smallest absolute Gasteiger partial charge is 0.306 e. The zero-order valence-electron chi connectivity index (χ0n) is 9.82. The van der Waals surface area contributed by atoms with E-state index in [1.165, 1.54) is 0 Å². The lowest BCUT2D eigenvalue weighted by Gasteiger charge is -2.13. The second-order valence-corrected chi connectivity index (χ2v) is 4.65. The molecule has 0 bridgehead atoms. The van der Waals surface area contributed by atoms with Crippen LogP contribution in [0.25, 0.3) is 0 Å². The lowest BCUT2D eigenvalue weighted by atomic mass is 10.1. The number of carboxylic acid groups (broad SMARTS) is 1. The summed E-state index contributed by atoms with van der Waals surface area (Å²) in [5.74, 6) is -1.09. The molecule has 1 fully saturated rings. The molecule has 92 valence electrons. The average molecular weight is 228 g/mol. The first-order chi connectivity index (χ1) is 7.49. The Bertz CT molecular complexity index is 266. The Morgan fingerprint density at radius 3 is 2.56 bits per heavy atom. The normalized spacial score (nSPS) is 24.7. The first-order valence-corrected chi connectivity index (χ1v) is 5.74. The summed E-state index contributed by atoms with van der Waals surface area (Å²) in [6, 6.07) is 0.309. The molecule has 5 heteroatoms. The van der Waals surface area contributed by atoms with Crippen LogP contribution in [0.1, 0.15) is 33.1 Å². The average Bonchev–Trinajstić information content (AvgIpc) is 2.63. The molecule has 0 spiro atoms. The first-order valence-electron chi connectivity index (χ1n) is 5.74. The van der Waals surface area contributed by atoms with Crippen LogP contribution in [0.4, 0.5) is 0 Å². The number of rotatable bonds is 5. The van der Waals surface area contributed by atoms with E-state index in [1.54, 1.807) is 0 Å². The lowest BCUT2D eigenvalue weighted by Crippen LogP contribution is -2.41. The molecule has 0 aliphatic heterocycles. The van der Waals surface area contributed by atoms with Crippen LogP contribution < -0.4 is 10.6 Å². The summed E-state index contributed by atoms with van der Waals surface area (Å²) in [6.07, 6.45) is 1.99. The number of amides is 1. The molecule has 0 aromatic carbocycles. The van der Waals surface area contributed by atoms with Crippen LogP contribution in [-0.4, -0.2) is 35.6 Å². The van der Waals surface area contributed by atoms with Crippen molar-refractivity contribution in [1.29, 1.82) is 0 Å². The largest absolute Gasteiger partial charge is 0.481 e. The predicted octanol–water partition coefficient (Wildman–Crippen LogP) is 0.354. The molecule has 3 N–H and O–H groups in total. The van der Waals surface area contributed by atoms with Gasteiger partial charge in [0.05, 0.1) is 12.5 Å². The number of carbonyl (C=O) groups is 2. The monoisotopic (exact) mass is 228 g/mol. The number of aliphatic carboxylic acids is 1. The van der Waals surface area contributed by atoms with E-state index >= 15 is 0 Å². The molecule has 0 heterocycles. The summed E-state index contributed by atoms with van der Waals surface area (Å²) >= 11 is 0. The van der Waals surface area contributed by atoms with Crippen molar-refractivity contribution in [2.24, 2.45) is 5.92 Å². The standard InChI is InChI=1S/C11H20N2O3/c1-7(2)12-6-10(14)13-9-4-3-8(5-9)11(15)16/h7-9,12H,3-6H2,1-2H3,(H,13,14)(H,15,16)/t8-,9+/m1/s1. The minimum atomic E-state index is -0.753. The van der Waals surface area contributed by atoms with Gasteiger partial charge < -0.3 is 15.7 Å². The van der Waals surface area contributed by atoms with Gasteiger partial charge in [0.2, 0.25) is 5.91 Å². The fraction of sp³-hybridized carbons (Fsp3) is 0.818. The van der Waals surface area contributed by atoms with E-state index in [1.807, 2.05) is 13.8 Å². The highest BCUT2D eigenvalue weighted by Crippen LogP contribution is 2.25. The highest BCUT2D eigenvalue weighted by molar-refractivity contribution is 5.78. The van der Waals surface area contributed by atoms with Crippen LogP contribution in [0, 0.1) is 5.92 Å². The third-order valence-corrected chi connectivity index (χ3v) is 2.82. The minimum absolute atomic E-state index is 0.0302. The second kappa shape index (κ2) is 5.84. The van der Waals surface area contributed by atoms with Gasteiger partial charge in [-0.25, -0.2) is 0 Å². The molecule has 1 aliphatic rings. The molecule has 0 radical (unpaired) electrons. The molecule has 0 saturated heterocycles. The Morgan fingerprint density at radius 2 is 2.06 bits per heavy atom. The molecule has 2 atom stereocenters. The summed E-state index contributed by atoms with van der Waals surface area (Å²) in [7, 11) is 0. The lowest BCUT2D eigenvalue weighted by molar-refractivity contribution is -0.141. The quantitative estimate of drug-likeness (QED) is 0.634. The van der Waals surface area contributed by atoms with E-state index in [0.717, 1.165) is 6.42 Å².